The van der Waals surface area contributed by atoms with Crippen molar-refractivity contribution in [2.75, 3.05) is 0 Å². The molecule has 7 nitrogen and oxygen atoms in total. The number of oxazole rings is 1. The van der Waals surface area contributed by atoms with Crippen LogP contribution in [0.1, 0.15) is 32.0 Å². The molecule has 0 saturated heterocycles. The average Bonchev–Trinajstić information content (AvgIpc) is 3.46. The molecule has 0 saturated carbocycles. The number of amides is 1. The van der Waals surface area contributed by atoms with Crippen molar-refractivity contribution in [3.8, 4) is 22.8 Å². The number of halogens is 2. The molecule has 0 spiro atoms. The summed E-state index contributed by atoms with van der Waals surface area (Å²) >= 11 is 11.9. The summed E-state index contributed by atoms with van der Waals surface area (Å²) in [7, 11) is 0. The van der Waals surface area contributed by atoms with Crippen LogP contribution in [0.25, 0.3) is 22.8 Å². The van der Waals surface area contributed by atoms with Gasteiger partial charge in [0, 0.05) is 40.1 Å². The molecule has 0 atom stereocenters. The molecular formula is C24H22Cl2N4O3. The quantitative estimate of drug-likeness (QED) is 0.301. The van der Waals surface area contributed by atoms with Crippen molar-refractivity contribution >= 4 is 29.1 Å². The third kappa shape index (κ3) is 5.80. The molecule has 0 fully saturated rings. The topological polar surface area (TPSA) is 85.3 Å². The van der Waals surface area contributed by atoms with E-state index in [9.17, 15) is 4.79 Å². The van der Waals surface area contributed by atoms with Crippen molar-refractivity contribution in [3.05, 3.63) is 76.6 Å². The van der Waals surface area contributed by atoms with Gasteiger partial charge in [0.1, 0.15) is 0 Å². The largest absolute Gasteiger partial charge is 0.441 e. The standard InChI is InChI=1S/C24H22Cl2N4O3/c1-15(2)30(14-22-28-29-24(33-22)17-5-9-19(26)10-6-17)23(31)12-11-21-27-13-20(32-21)16-3-7-18(25)8-4-16/h3-10,13,15H,11-12,14H2,1-2H3. The van der Waals surface area contributed by atoms with E-state index in [0.29, 0.717) is 39.9 Å². The number of hydrogen-bond donors (Lipinski definition) is 0. The Hall–Kier alpha value is -3.16. The third-order valence-corrected chi connectivity index (χ3v) is 5.55. The monoisotopic (exact) mass is 484 g/mol. The van der Waals surface area contributed by atoms with Crippen LogP contribution in [0, 0.1) is 0 Å². The second-order valence-electron chi connectivity index (χ2n) is 7.75. The molecule has 2 heterocycles. The predicted octanol–water partition coefficient (Wildman–Crippen LogP) is 6.07. The molecule has 0 N–H and O–H groups in total. The normalized spacial score (nSPS) is 11.2. The molecule has 33 heavy (non-hydrogen) atoms. The van der Waals surface area contributed by atoms with Gasteiger partial charge in [-0.1, -0.05) is 23.2 Å². The fraction of sp³-hybridized carbons (Fsp3) is 0.250. The van der Waals surface area contributed by atoms with Crippen LogP contribution in [0.15, 0.2) is 63.6 Å². The van der Waals surface area contributed by atoms with Gasteiger partial charge in [0.25, 0.3) is 0 Å². The Balaban J connectivity index is 1.38. The average molecular weight is 485 g/mol. The highest BCUT2D eigenvalue weighted by Gasteiger charge is 2.21. The first-order valence-corrected chi connectivity index (χ1v) is 11.2. The number of hydrogen-bond acceptors (Lipinski definition) is 6. The summed E-state index contributed by atoms with van der Waals surface area (Å²) in [5.41, 5.74) is 1.64. The van der Waals surface area contributed by atoms with Gasteiger partial charge in [-0.2, -0.15) is 0 Å². The van der Waals surface area contributed by atoms with Crippen LogP contribution in [0.4, 0.5) is 0 Å². The Morgan fingerprint density at radius 3 is 2.18 bits per heavy atom. The molecule has 170 valence electrons. The second-order valence-corrected chi connectivity index (χ2v) is 8.62. The maximum absolute atomic E-state index is 12.9. The first-order chi connectivity index (χ1) is 15.9. The number of carbonyl (C=O) groups is 1. The molecule has 9 heteroatoms. The summed E-state index contributed by atoms with van der Waals surface area (Å²) in [5, 5.41) is 9.46. The lowest BCUT2D eigenvalue weighted by atomic mass is 10.2. The van der Waals surface area contributed by atoms with Crippen molar-refractivity contribution < 1.29 is 13.6 Å². The van der Waals surface area contributed by atoms with E-state index in [4.69, 9.17) is 32.0 Å². The van der Waals surface area contributed by atoms with Crippen molar-refractivity contribution in [1.82, 2.24) is 20.1 Å². The summed E-state index contributed by atoms with van der Waals surface area (Å²) in [5.74, 6) is 1.83. The zero-order chi connectivity index (χ0) is 23.4. The maximum atomic E-state index is 12.9. The highest BCUT2D eigenvalue weighted by molar-refractivity contribution is 6.30. The Morgan fingerprint density at radius 1 is 0.909 bits per heavy atom. The van der Waals surface area contributed by atoms with Gasteiger partial charge in [-0.05, 0) is 62.4 Å². The number of rotatable bonds is 8. The summed E-state index contributed by atoms with van der Waals surface area (Å²) < 4.78 is 11.6. The molecule has 0 aliphatic rings. The molecule has 0 radical (unpaired) electrons. The first kappa shape index (κ1) is 23.0. The van der Waals surface area contributed by atoms with Gasteiger partial charge < -0.3 is 13.7 Å². The smallest absolute Gasteiger partial charge is 0.247 e. The van der Waals surface area contributed by atoms with E-state index in [2.05, 4.69) is 15.2 Å². The Labute approximate surface area is 201 Å². The van der Waals surface area contributed by atoms with Gasteiger partial charge in [-0.3, -0.25) is 4.79 Å². The maximum Gasteiger partial charge on any atom is 0.247 e. The fourth-order valence-corrected chi connectivity index (χ4v) is 3.51. The molecule has 1 amide bonds. The van der Waals surface area contributed by atoms with E-state index < -0.39 is 0 Å². The Morgan fingerprint density at radius 2 is 1.55 bits per heavy atom. The Bertz CT molecular complexity index is 1220. The third-order valence-electron chi connectivity index (χ3n) is 5.04. The molecule has 0 aliphatic carbocycles. The predicted molar refractivity (Wildman–Crippen MR) is 126 cm³/mol. The fourth-order valence-electron chi connectivity index (χ4n) is 3.26. The summed E-state index contributed by atoms with van der Waals surface area (Å²) in [6.45, 7) is 4.11. The van der Waals surface area contributed by atoms with Crippen molar-refractivity contribution in [2.45, 2.75) is 39.3 Å². The molecule has 0 aliphatic heterocycles. The molecule has 4 aromatic rings. The molecule has 4 rings (SSSR count). The number of benzene rings is 2. The van der Waals surface area contributed by atoms with Crippen LogP contribution in [-0.4, -0.2) is 32.0 Å². The van der Waals surface area contributed by atoms with Crippen LogP contribution in [0.3, 0.4) is 0 Å². The van der Waals surface area contributed by atoms with E-state index >= 15 is 0 Å². The summed E-state index contributed by atoms with van der Waals surface area (Å²) in [6.07, 6.45) is 2.28. The van der Waals surface area contributed by atoms with Gasteiger partial charge in [0.2, 0.25) is 17.7 Å². The summed E-state index contributed by atoms with van der Waals surface area (Å²) in [4.78, 5) is 18.9. The van der Waals surface area contributed by atoms with Crippen molar-refractivity contribution in [3.63, 3.8) is 0 Å². The SMILES string of the molecule is CC(C)N(Cc1nnc(-c2ccc(Cl)cc2)o1)C(=O)CCc1ncc(-c2ccc(Cl)cc2)o1. The zero-order valence-electron chi connectivity index (χ0n) is 18.2. The molecular weight excluding hydrogens is 463 g/mol. The van der Waals surface area contributed by atoms with Crippen molar-refractivity contribution in [1.29, 1.82) is 0 Å². The molecule has 2 aromatic heterocycles. The van der Waals surface area contributed by atoms with E-state index in [0.717, 1.165) is 11.1 Å². The number of nitrogens with zero attached hydrogens (tertiary/aromatic N) is 4. The number of aromatic nitrogens is 3. The van der Waals surface area contributed by atoms with Gasteiger partial charge in [-0.25, -0.2) is 4.98 Å². The van der Waals surface area contributed by atoms with Crippen LogP contribution in [-0.2, 0) is 17.8 Å². The van der Waals surface area contributed by atoms with Crippen LogP contribution < -0.4 is 0 Å². The second kappa shape index (κ2) is 10.2. The van der Waals surface area contributed by atoms with Crippen molar-refractivity contribution in [2.24, 2.45) is 0 Å². The van der Waals surface area contributed by atoms with Gasteiger partial charge in [0.15, 0.2) is 11.7 Å². The van der Waals surface area contributed by atoms with E-state index in [1.165, 1.54) is 0 Å². The lowest BCUT2D eigenvalue weighted by molar-refractivity contribution is -0.134. The molecule has 0 unspecified atom stereocenters. The summed E-state index contributed by atoms with van der Waals surface area (Å²) in [6, 6.07) is 14.4. The highest BCUT2D eigenvalue weighted by Crippen LogP contribution is 2.24. The lowest BCUT2D eigenvalue weighted by Gasteiger charge is -2.25. The lowest BCUT2D eigenvalue weighted by Crippen LogP contribution is -2.36. The van der Waals surface area contributed by atoms with E-state index in [1.54, 1.807) is 47.5 Å². The van der Waals surface area contributed by atoms with Gasteiger partial charge in [0.05, 0.1) is 12.7 Å². The number of aryl methyl sites for hydroxylation is 1. The minimum Gasteiger partial charge on any atom is -0.441 e. The molecule has 2 aromatic carbocycles. The minimum atomic E-state index is -0.0533. The number of carbonyl (C=O) groups excluding carboxylic acids is 1. The van der Waals surface area contributed by atoms with E-state index in [-0.39, 0.29) is 24.9 Å². The van der Waals surface area contributed by atoms with Gasteiger partial charge >= 0.3 is 0 Å². The van der Waals surface area contributed by atoms with Gasteiger partial charge in [-0.15, -0.1) is 10.2 Å². The first-order valence-electron chi connectivity index (χ1n) is 10.5. The molecule has 0 bridgehead atoms. The minimum absolute atomic E-state index is 0.0439. The van der Waals surface area contributed by atoms with E-state index in [1.807, 2.05) is 26.0 Å². The van der Waals surface area contributed by atoms with Crippen LogP contribution >= 0.6 is 23.2 Å². The Kier molecular flexibility index (Phi) is 7.11. The highest BCUT2D eigenvalue weighted by atomic mass is 35.5. The van der Waals surface area contributed by atoms with Crippen LogP contribution in [0.2, 0.25) is 10.0 Å². The zero-order valence-corrected chi connectivity index (χ0v) is 19.7. The van der Waals surface area contributed by atoms with Crippen LogP contribution in [0.5, 0.6) is 0 Å².